The van der Waals surface area contributed by atoms with Gasteiger partial charge in [-0.15, -0.1) is 0 Å². The zero-order valence-corrected chi connectivity index (χ0v) is 14.0. The van der Waals surface area contributed by atoms with E-state index in [9.17, 15) is 4.79 Å². The van der Waals surface area contributed by atoms with E-state index >= 15 is 0 Å². The third-order valence-electron chi connectivity index (χ3n) is 2.79. The second kappa shape index (κ2) is 15.5. The lowest BCUT2D eigenvalue weighted by Crippen LogP contribution is -2.31. The quantitative estimate of drug-likeness (QED) is 0.560. The molecule has 0 fully saturated rings. The summed E-state index contributed by atoms with van der Waals surface area (Å²) in [5.74, 6) is 0.333. The van der Waals surface area contributed by atoms with Gasteiger partial charge in [-0.3, -0.25) is 4.79 Å². The minimum Gasteiger partial charge on any atom is -0.381 e. The summed E-state index contributed by atoms with van der Waals surface area (Å²) in [5, 5.41) is 0. The average molecular weight is 273 g/mol. The molecule has 0 aliphatic rings. The Balaban J connectivity index is 0. The molecule has 0 aromatic rings. The molecule has 0 aliphatic heterocycles. The van der Waals surface area contributed by atoms with Crippen LogP contribution in [0.4, 0.5) is 0 Å². The second-order valence-corrected chi connectivity index (χ2v) is 4.94. The average Bonchev–Trinajstić information content (AvgIpc) is 2.42. The molecule has 0 bridgehead atoms. The zero-order valence-electron chi connectivity index (χ0n) is 14.0. The van der Waals surface area contributed by atoms with Crippen LogP contribution in [0.1, 0.15) is 66.7 Å². The highest BCUT2D eigenvalue weighted by atomic mass is 16.5. The Kier molecular flexibility index (Phi) is 16.9. The second-order valence-electron chi connectivity index (χ2n) is 4.94. The van der Waals surface area contributed by atoms with Crippen molar-refractivity contribution in [2.75, 3.05) is 26.8 Å². The fourth-order valence-corrected chi connectivity index (χ4v) is 1.66. The summed E-state index contributed by atoms with van der Waals surface area (Å²) >= 11 is 0. The van der Waals surface area contributed by atoms with Crippen LogP contribution in [-0.4, -0.2) is 37.6 Å². The molecular weight excluding hydrogens is 238 g/mol. The summed E-state index contributed by atoms with van der Waals surface area (Å²) < 4.78 is 5.52. The number of unbranched alkanes of at least 4 members (excludes halogenated alkanes) is 3. The summed E-state index contributed by atoms with van der Waals surface area (Å²) in [6.07, 6.45) is 5.74. The predicted octanol–water partition coefficient (Wildman–Crippen LogP) is 4.11. The van der Waals surface area contributed by atoms with Crippen LogP contribution < -0.4 is 0 Å². The molecule has 0 aromatic heterocycles. The fourth-order valence-electron chi connectivity index (χ4n) is 1.66. The molecule has 0 N–H and O–H groups in total. The van der Waals surface area contributed by atoms with Gasteiger partial charge >= 0.3 is 0 Å². The molecule has 0 atom stereocenters. The van der Waals surface area contributed by atoms with Gasteiger partial charge in [-0.2, -0.15) is 0 Å². The van der Waals surface area contributed by atoms with Crippen molar-refractivity contribution in [2.45, 2.75) is 66.7 Å². The molecule has 0 saturated heterocycles. The molecule has 116 valence electrons. The topological polar surface area (TPSA) is 29.5 Å². The van der Waals surface area contributed by atoms with Crippen molar-refractivity contribution in [3.8, 4) is 0 Å². The molecule has 3 heteroatoms. The third-order valence-corrected chi connectivity index (χ3v) is 2.79. The molecule has 0 aromatic carbocycles. The predicted molar refractivity (Wildman–Crippen MR) is 83.4 cm³/mol. The van der Waals surface area contributed by atoms with E-state index in [0.29, 0.717) is 0 Å². The van der Waals surface area contributed by atoms with Crippen LogP contribution >= 0.6 is 0 Å². The Morgan fingerprint density at radius 1 is 1.05 bits per heavy atom. The van der Waals surface area contributed by atoms with Gasteiger partial charge in [0, 0.05) is 32.7 Å². The molecule has 0 heterocycles. The first-order valence-electron chi connectivity index (χ1n) is 7.92. The van der Waals surface area contributed by atoms with E-state index in [-0.39, 0.29) is 11.8 Å². The molecule has 19 heavy (non-hydrogen) atoms. The molecule has 0 spiro atoms. The Labute approximate surface area is 120 Å². The summed E-state index contributed by atoms with van der Waals surface area (Å²) in [6, 6.07) is 0. The van der Waals surface area contributed by atoms with E-state index in [1.54, 1.807) is 0 Å². The minimum absolute atomic E-state index is 0.102. The Hall–Kier alpha value is -0.570. The van der Waals surface area contributed by atoms with Gasteiger partial charge in [0.15, 0.2) is 0 Å². The standard InChI is InChI=1S/C14H29NO2.C2H6/c1-5-6-8-11-17-12-9-7-10-15(4)14(16)13(2)3;1-2/h13H,5-12H2,1-4H3;1-2H3. The maximum Gasteiger partial charge on any atom is 0.224 e. The number of hydrogen-bond acceptors (Lipinski definition) is 2. The monoisotopic (exact) mass is 273 g/mol. The SMILES string of the molecule is CC.CCCCCOCCCCN(C)C(=O)C(C)C. The highest BCUT2D eigenvalue weighted by Gasteiger charge is 2.11. The first-order valence-corrected chi connectivity index (χ1v) is 7.92. The lowest BCUT2D eigenvalue weighted by Gasteiger charge is -2.19. The van der Waals surface area contributed by atoms with Gasteiger partial charge in [0.1, 0.15) is 0 Å². The number of ether oxygens (including phenoxy) is 1. The largest absolute Gasteiger partial charge is 0.381 e. The number of carbonyl (C=O) groups excluding carboxylic acids is 1. The number of rotatable bonds is 10. The Morgan fingerprint density at radius 3 is 2.05 bits per heavy atom. The summed E-state index contributed by atoms with van der Waals surface area (Å²) in [6.45, 7) is 12.6. The van der Waals surface area contributed by atoms with Crippen LogP contribution in [0, 0.1) is 5.92 Å². The van der Waals surface area contributed by atoms with Crippen molar-refractivity contribution >= 4 is 5.91 Å². The van der Waals surface area contributed by atoms with E-state index in [1.165, 1.54) is 19.3 Å². The fraction of sp³-hybridized carbons (Fsp3) is 0.938. The van der Waals surface area contributed by atoms with Crippen LogP contribution in [-0.2, 0) is 9.53 Å². The van der Waals surface area contributed by atoms with Gasteiger partial charge in [-0.25, -0.2) is 0 Å². The molecule has 3 nitrogen and oxygen atoms in total. The van der Waals surface area contributed by atoms with Gasteiger partial charge in [-0.05, 0) is 19.3 Å². The Morgan fingerprint density at radius 2 is 1.58 bits per heavy atom. The summed E-state index contributed by atoms with van der Waals surface area (Å²) in [5.41, 5.74) is 0. The molecular formula is C16H35NO2. The highest BCUT2D eigenvalue weighted by Crippen LogP contribution is 2.02. The van der Waals surface area contributed by atoms with Gasteiger partial charge in [0.05, 0.1) is 0 Å². The van der Waals surface area contributed by atoms with Crippen molar-refractivity contribution in [3.63, 3.8) is 0 Å². The van der Waals surface area contributed by atoms with Crippen molar-refractivity contribution in [1.29, 1.82) is 0 Å². The van der Waals surface area contributed by atoms with Gasteiger partial charge in [0.2, 0.25) is 5.91 Å². The first kappa shape index (κ1) is 20.7. The number of nitrogens with zero attached hydrogens (tertiary/aromatic N) is 1. The van der Waals surface area contributed by atoms with Gasteiger partial charge in [0.25, 0.3) is 0 Å². The molecule has 0 radical (unpaired) electrons. The lowest BCUT2D eigenvalue weighted by atomic mass is 10.2. The van der Waals surface area contributed by atoms with Crippen LogP contribution in [0.15, 0.2) is 0 Å². The molecule has 0 saturated carbocycles. The third kappa shape index (κ3) is 13.7. The minimum atomic E-state index is 0.102. The number of amides is 1. The number of hydrogen-bond donors (Lipinski definition) is 0. The maximum atomic E-state index is 11.6. The normalized spacial score (nSPS) is 10.1. The Bertz CT molecular complexity index is 193. The van der Waals surface area contributed by atoms with E-state index in [2.05, 4.69) is 6.92 Å². The smallest absolute Gasteiger partial charge is 0.224 e. The van der Waals surface area contributed by atoms with Crippen molar-refractivity contribution in [3.05, 3.63) is 0 Å². The van der Waals surface area contributed by atoms with Crippen LogP contribution in [0.3, 0.4) is 0 Å². The van der Waals surface area contributed by atoms with Crippen molar-refractivity contribution < 1.29 is 9.53 Å². The first-order chi connectivity index (χ1) is 9.09. The van der Waals surface area contributed by atoms with Crippen molar-refractivity contribution in [2.24, 2.45) is 5.92 Å². The maximum absolute atomic E-state index is 11.6. The summed E-state index contributed by atoms with van der Waals surface area (Å²) in [7, 11) is 1.88. The van der Waals surface area contributed by atoms with Crippen molar-refractivity contribution in [1.82, 2.24) is 4.90 Å². The van der Waals surface area contributed by atoms with E-state index in [4.69, 9.17) is 4.74 Å². The van der Waals surface area contributed by atoms with Crippen LogP contribution in [0.5, 0.6) is 0 Å². The van der Waals surface area contributed by atoms with E-state index in [0.717, 1.165) is 32.6 Å². The molecule has 1 amide bonds. The van der Waals surface area contributed by atoms with Crippen LogP contribution in [0.2, 0.25) is 0 Å². The lowest BCUT2D eigenvalue weighted by molar-refractivity contribution is -0.133. The summed E-state index contributed by atoms with van der Waals surface area (Å²) in [4.78, 5) is 13.4. The highest BCUT2D eigenvalue weighted by molar-refractivity contribution is 5.77. The van der Waals surface area contributed by atoms with Gasteiger partial charge < -0.3 is 9.64 Å². The van der Waals surface area contributed by atoms with E-state index < -0.39 is 0 Å². The molecule has 0 rings (SSSR count). The molecule has 0 unspecified atom stereocenters. The number of carbonyl (C=O) groups is 1. The molecule has 0 aliphatic carbocycles. The van der Waals surface area contributed by atoms with Gasteiger partial charge in [-0.1, -0.05) is 47.5 Å². The van der Waals surface area contributed by atoms with Crippen LogP contribution in [0.25, 0.3) is 0 Å². The van der Waals surface area contributed by atoms with E-state index in [1.807, 2.05) is 39.6 Å². The zero-order chi connectivity index (χ0) is 15.1.